The Bertz CT molecular complexity index is 213. The number of ether oxygens (including phenoxy) is 1. The second kappa shape index (κ2) is 5.44. The van der Waals surface area contributed by atoms with Gasteiger partial charge in [-0.15, -0.1) is 0 Å². The second-order valence-corrected chi connectivity index (χ2v) is 4.16. The Kier molecular flexibility index (Phi) is 4.50. The summed E-state index contributed by atoms with van der Waals surface area (Å²) in [7, 11) is 1.73. The monoisotopic (exact) mass is 217 g/mol. The number of hydrogen-bond donors (Lipinski definition) is 3. The number of carboxylic acid groups (broad SMARTS) is 1. The maximum Gasteiger partial charge on any atom is 0.312 e. The molecule has 2 atom stereocenters. The lowest BCUT2D eigenvalue weighted by Crippen LogP contribution is -2.43. The van der Waals surface area contributed by atoms with Gasteiger partial charge in [0.15, 0.2) is 0 Å². The summed E-state index contributed by atoms with van der Waals surface area (Å²) in [4.78, 5) is 11.2. The largest absolute Gasteiger partial charge is 0.481 e. The zero-order valence-corrected chi connectivity index (χ0v) is 9.03. The average molecular weight is 217 g/mol. The molecule has 0 aromatic carbocycles. The molecule has 0 aliphatic carbocycles. The van der Waals surface area contributed by atoms with Crippen molar-refractivity contribution in [1.29, 1.82) is 0 Å². The SMILES string of the molecule is CNC[C@H](O)C[C@]1(C(=O)O)CCCOC1. The van der Waals surface area contributed by atoms with Gasteiger partial charge in [0.2, 0.25) is 0 Å². The molecule has 1 fully saturated rings. The van der Waals surface area contributed by atoms with E-state index in [-0.39, 0.29) is 13.0 Å². The molecule has 0 aromatic rings. The summed E-state index contributed by atoms with van der Waals surface area (Å²) in [5, 5.41) is 21.7. The highest BCUT2D eigenvalue weighted by Gasteiger charge is 2.41. The summed E-state index contributed by atoms with van der Waals surface area (Å²) in [6, 6.07) is 0. The van der Waals surface area contributed by atoms with Crippen LogP contribution in [0.4, 0.5) is 0 Å². The molecule has 0 radical (unpaired) electrons. The number of aliphatic carboxylic acids is 1. The molecule has 5 heteroatoms. The smallest absolute Gasteiger partial charge is 0.312 e. The molecule has 0 bridgehead atoms. The molecule has 1 rings (SSSR count). The number of rotatable bonds is 5. The zero-order chi connectivity index (χ0) is 11.3. The lowest BCUT2D eigenvalue weighted by molar-refractivity contribution is -0.160. The van der Waals surface area contributed by atoms with Gasteiger partial charge in [0.05, 0.1) is 18.1 Å². The first-order chi connectivity index (χ1) is 7.10. The van der Waals surface area contributed by atoms with Gasteiger partial charge < -0.3 is 20.3 Å². The molecule has 1 aliphatic rings. The third-order valence-electron chi connectivity index (χ3n) is 2.84. The standard InChI is InChI=1S/C10H19NO4/c1-11-6-8(12)5-10(9(13)14)3-2-4-15-7-10/h8,11-12H,2-7H2,1H3,(H,13,14)/t8-,10-/m1/s1. The van der Waals surface area contributed by atoms with E-state index >= 15 is 0 Å². The van der Waals surface area contributed by atoms with Crippen molar-refractivity contribution in [3.63, 3.8) is 0 Å². The first-order valence-electron chi connectivity index (χ1n) is 5.24. The number of carbonyl (C=O) groups is 1. The van der Waals surface area contributed by atoms with Crippen molar-refractivity contribution in [3.05, 3.63) is 0 Å². The third-order valence-corrected chi connectivity index (χ3v) is 2.84. The zero-order valence-electron chi connectivity index (χ0n) is 9.03. The van der Waals surface area contributed by atoms with Crippen molar-refractivity contribution >= 4 is 5.97 Å². The van der Waals surface area contributed by atoms with Crippen LogP contribution in [0, 0.1) is 5.41 Å². The predicted molar refractivity (Wildman–Crippen MR) is 54.7 cm³/mol. The van der Waals surface area contributed by atoms with Crippen LogP contribution in [-0.2, 0) is 9.53 Å². The van der Waals surface area contributed by atoms with E-state index in [1.54, 1.807) is 7.05 Å². The number of hydrogen-bond acceptors (Lipinski definition) is 4. The van der Waals surface area contributed by atoms with Crippen LogP contribution in [0.25, 0.3) is 0 Å². The molecule has 88 valence electrons. The summed E-state index contributed by atoms with van der Waals surface area (Å²) in [5.41, 5.74) is -0.894. The Morgan fingerprint density at radius 3 is 2.87 bits per heavy atom. The minimum Gasteiger partial charge on any atom is -0.481 e. The van der Waals surface area contributed by atoms with Crippen LogP contribution in [0.15, 0.2) is 0 Å². The molecular weight excluding hydrogens is 198 g/mol. The molecule has 0 spiro atoms. The van der Waals surface area contributed by atoms with Crippen LogP contribution in [-0.4, -0.2) is 49.1 Å². The van der Waals surface area contributed by atoms with E-state index in [9.17, 15) is 15.0 Å². The fourth-order valence-corrected chi connectivity index (χ4v) is 2.03. The summed E-state index contributed by atoms with van der Waals surface area (Å²) in [5.74, 6) is -0.864. The number of likely N-dealkylation sites (N-methyl/N-ethyl adjacent to an activating group) is 1. The maximum absolute atomic E-state index is 11.2. The van der Waals surface area contributed by atoms with Crippen molar-refractivity contribution in [2.45, 2.75) is 25.4 Å². The maximum atomic E-state index is 11.2. The molecular formula is C10H19NO4. The predicted octanol–water partition coefficient (Wildman–Crippen LogP) is -0.162. The summed E-state index contributed by atoms with van der Waals surface area (Å²) < 4.78 is 5.21. The molecule has 1 heterocycles. The molecule has 15 heavy (non-hydrogen) atoms. The molecule has 0 aromatic heterocycles. The van der Waals surface area contributed by atoms with Gasteiger partial charge in [0, 0.05) is 13.2 Å². The molecule has 5 nitrogen and oxygen atoms in total. The molecule has 3 N–H and O–H groups in total. The van der Waals surface area contributed by atoms with Crippen LogP contribution in [0.3, 0.4) is 0 Å². The Hall–Kier alpha value is -0.650. The van der Waals surface area contributed by atoms with Gasteiger partial charge in [-0.3, -0.25) is 4.79 Å². The minimum atomic E-state index is -0.894. The van der Waals surface area contributed by atoms with Gasteiger partial charge in [-0.25, -0.2) is 0 Å². The van der Waals surface area contributed by atoms with Crippen LogP contribution >= 0.6 is 0 Å². The van der Waals surface area contributed by atoms with Crippen molar-refractivity contribution < 1.29 is 19.7 Å². The Morgan fingerprint density at radius 2 is 2.40 bits per heavy atom. The summed E-state index contributed by atoms with van der Waals surface area (Å²) >= 11 is 0. The summed E-state index contributed by atoms with van der Waals surface area (Å²) in [6.45, 7) is 1.25. The van der Waals surface area contributed by atoms with Crippen molar-refractivity contribution in [2.75, 3.05) is 26.8 Å². The molecule has 0 amide bonds. The fraction of sp³-hybridized carbons (Fsp3) is 0.900. The van der Waals surface area contributed by atoms with Crippen molar-refractivity contribution in [1.82, 2.24) is 5.32 Å². The lowest BCUT2D eigenvalue weighted by Gasteiger charge is -2.34. The van der Waals surface area contributed by atoms with E-state index in [1.165, 1.54) is 0 Å². The van der Waals surface area contributed by atoms with E-state index in [4.69, 9.17) is 4.74 Å². The van der Waals surface area contributed by atoms with Gasteiger partial charge in [-0.05, 0) is 26.3 Å². The fourth-order valence-electron chi connectivity index (χ4n) is 2.03. The molecule has 1 aliphatic heterocycles. The highest BCUT2D eigenvalue weighted by Crippen LogP contribution is 2.33. The minimum absolute atomic E-state index is 0.211. The van der Waals surface area contributed by atoms with Crippen LogP contribution in [0.2, 0.25) is 0 Å². The van der Waals surface area contributed by atoms with E-state index in [0.29, 0.717) is 19.6 Å². The van der Waals surface area contributed by atoms with Crippen LogP contribution < -0.4 is 5.32 Å². The highest BCUT2D eigenvalue weighted by molar-refractivity contribution is 5.75. The van der Waals surface area contributed by atoms with Gasteiger partial charge in [-0.2, -0.15) is 0 Å². The molecule has 0 saturated carbocycles. The second-order valence-electron chi connectivity index (χ2n) is 4.16. The number of aliphatic hydroxyl groups is 1. The Morgan fingerprint density at radius 1 is 1.67 bits per heavy atom. The van der Waals surface area contributed by atoms with Crippen LogP contribution in [0.1, 0.15) is 19.3 Å². The van der Waals surface area contributed by atoms with Crippen molar-refractivity contribution in [3.8, 4) is 0 Å². The van der Waals surface area contributed by atoms with E-state index in [0.717, 1.165) is 6.42 Å². The number of carboxylic acids is 1. The highest BCUT2D eigenvalue weighted by atomic mass is 16.5. The van der Waals surface area contributed by atoms with Gasteiger partial charge >= 0.3 is 5.97 Å². The number of aliphatic hydroxyl groups excluding tert-OH is 1. The molecule has 1 saturated heterocycles. The lowest BCUT2D eigenvalue weighted by atomic mass is 9.78. The van der Waals surface area contributed by atoms with Gasteiger partial charge in [0.25, 0.3) is 0 Å². The normalized spacial score (nSPS) is 28.7. The quantitative estimate of drug-likeness (QED) is 0.596. The topological polar surface area (TPSA) is 78.8 Å². The summed E-state index contributed by atoms with van der Waals surface area (Å²) in [6.07, 6.45) is 0.956. The van der Waals surface area contributed by atoms with Crippen LogP contribution in [0.5, 0.6) is 0 Å². The average Bonchev–Trinajstić information content (AvgIpc) is 2.19. The molecule has 0 unspecified atom stereocenters. The third kappa shape index (κ3) is 3.15. The number of nitrogens with one attached hydrogen (secondary N) is 1. The van der Waals surface area contributed by atoms with E-state index < -0.39 is 17.5 Å². The Labute approximate surface area is 89.4 Å². The first kappa shape index (κ1) is 12.4. The van der Waals surface area contributed by atoms with Crippen molar-refractivity contribution in [2.24, 2.45) is 5.41 Å². The van der Waals surface area contributed by atoms with E-state index in [1.807, 2.05) is 0 Å². The first-order valence-corrected chi connectivity index (χ1v) is 5.24. The van der Waals surface area contributed by atoms with E-state index in [2.05, 4.69) is 5.32 Å². The van der Waals surface area contributed by atoms with Gasteiger partial charge in [-0.1, -0.05) is 0 Å². The Balaban J connectivity index is 2.60. The van der Waals surface area contributed by atoms with Gasteiger partial charge in [0.1, 0.15) is 0 Å².